The largest absolute Gasteiger partial charge is 0.465 e. The van der Waals surface area contributed by atoms with Gasteiger partial charge in [-0.3, -0.25) is 4.79 Å². The van der Waals surface area contributed by atoms with Crippen molar-refractivity contribution in [3.63, 3.8) is 0 Å². The van der Waals surface area contributed by atoms with Gasteiger partial charge in [-0.15, -0.1) is 0 Å². The number of esters is 1. The molecule has 2 aliphatic heterocycles. The zero-order valence-electron chi connectivity index (χ0n) is 6.12. The first-order chi connectivity index (χ1) is 5.29. The average molecular weight is 157 g/mol. The monoisotopic (exact) mass is 157 g/mol. The first-order valence-electron chi connectivity index (χ1n) is 3.84. The molecule has 0 aliphatic carbocycles. The summed E-state index contributed by atoms with van der Waals surface area (Å²) >= 11 is 0. The molecule has 0 saturated carbocycles. The Bertz CT molecular complexity index is 183. The molecule has 2 rings (SSSR count). The van der Waals surface area contributed by atoms with Gasteiger partial charge in [0.15, 0.2) is 0 Å². The normalized spacial score (nSPS) is 43.4. The Kier molecular flexibility index (Phi) is 1.58. The summed E-state index contributed by atoms with van der Waals surface area (Å²) < 4.78 is 4.83. The lowest BCUT2D eigenvalue weighted by molar-refractivity contribution is -0.141. The highest BCUT2D eigenvalue weighted by atomic mass is 16.5. The van der Waals surface area contributed by atoms with Gasteiger partial charge in [0.2, 0.25) is 0 Å². The summed E-state index contributed by atoms with van der Waals surface area (Å²) in [6, 6.07) is 0. The fourth-order valence-corrected chi connectivity index (χ4v) is 1.73. The number of β-amino-alcohol motifs (C(OH)–C–C–N with tert-alkyl or cyclic N) is 1. The van der Waals surface area contributed by atoms with Crippen LogP contribution in [0.1, 0.15) is 0 Å². The molecule has 0 amide bonds. The number of carbonyl (C=O) groups is 1. The van der Waals surface area contributed by atoms with E-state index in [2.05, 4.69) is 5.32 Å². The zero-order chi connectivity index (χ0) is 7.84. The average Bonchev–Trinajstić information content (AvgIpc) is 2.35. The Morgan fingerprint density at radius 3 is 3.09 bits per heavy atom. The molecule has 62 valence electrons. The van der Waals surface area contributed by atoms with Crippen molar-refractivity contribution in [3.05, 3.63) is 0 Å². The van der Waals surface area contributed by atoms with E-state index in [0.717, 1.165) is 0 Å². The molecule has 4 nitrogen and oxygen atoms in total. The number of piperidine rings is 1. The summed E-state index contributed by atoms with van der Waals surface area (Å²) in [5.74, 6) is -0.247. The van der Waals surface area contributed by atoms with Crippen LogP contribution >= 0.6 is 0 Å². The molecule has 2 N–H and O–H groups in total. The van der Waals surface area contributed by atoms with Gasteiger partial charge in [0, 0.05) is 19.0 Å². The molecular weight excluding hydrogens is 146 g/mol. The Balaban J connectivity index is 2.12. The van der Waals surface area contributed by atoms with Crippen molar-refractivity contribution in [1.82, 2.24) is 5.32 Å². The zero-order valence-corrected chi connectivity index (χ0v) is 6.12. The van der Waals surface area contributed by atoms with Crippen molar-refractivity contribution >= 4 is 5.97 Å². The second kappa shape index (κ2) is 2.46. The van der Waals surface area contributed by atoms with E-state index < -0.39 is 6.10 Å². The van der Waals surface area contributed by atoms with Crippen molar-refractivity contribution in [2.45, 2.75) is 6.10 Å². The molecule has 0 aromatic heterocycles. The number of aliphatic hydroxyl groups excluding tert-OH is 1. The van der Waals surface area contributed by atoms with Crippen LogP contribution in [0.15, 0.2) is 0 Å². The standard InChI is InChI=1S/C7H11NO3/c9-6-2-8-1-4-5(6)3-11-7(4)10/h4-6,8-9H,1-3H2/t4-,5-,6+/m0/s1. The van der Waals surface area contributed by atoms with Crippen LogP contribution in [0.5, 0.6) is 0 Å². The van der Waals surface area contributed by atoms with E-state index in [1.807, 2.05) is 0 Å². The molecule has 2 heterocycles. The van der Waals surface area contributed by atoms with E-state index >= 15 is 0 Å². The molecule has 3 atom stereocenters. The second-order valence-corrected chi connectivity index (χ2v) is 3.13. The quantitative estimate of drug-likeness (QED) is 0.431. The van der Waals surface area contributed by atoms with Crippen LogP contribution in [-0.4, -0.2) is 36.9 Å². The number of cyclic esters (lactones) is 1. The minimum atomic E-state index is -0.416. The topological polar surface area (TPSA) is 58.6 Å². The highest BCUT2D eigenvalue weighted by Crippen LogP contribution is 2.26. The van der Waals surface area contributed by atoms with Crippen LogP contribution < -0.4 is 5.32 Å². The summed E-state index contributed by atoms with van der Waals surface area (Å²) in [4.78, 5) is 11.0. The van der Waals surface area contributed by atoms with Crippen LogP contribution in [-0.2, 0) is 9.53 Å². The van der Waals surface area contributed by atoms with Gasteiger partial charge in [0.05, 0.1) is 18.6 Å². The third kappa shape index (κ3) is 1.02. The molecular formula is C7H11NO3. The highest BCUT2D eigenvalue weighted by Gasteiger charge is 2.43. The number of nitrogens with one attached hydrogen (secondary N) is 1. The summed E-state index contributed by atoms with van der Waals surface area (Å²) in [5.41, 5.74) is 0. The molecule has 11 heavy (non-hydrogen) atoms. The van der Waals surface area contributed by atoms with Crippen LogP contribution in [0, 0.1) is 11.8 Å². The Morgan fingerprint density at radius 1 is 1.55 bits per heavy atom. The Morgan fingerprint density at radius 2 is 2.36 bits per heavy atom. The Hall–Kier alpha value is -0.610. The van der Waals surface area contributed by atoms with Gasteiger partial charge in [0.1, 0.15) is 0 Å². The molecule has 4 heteroatoms. The lowest BCUT2D eigenvalue weighted by Crippen LogP contribution is -2.47. The number of ether oxygens (including phenoxy) is 1. The number of fused-ring (bicyclic) bond motifs is 1. The number of hydrogen-bond acceptors (Lipinski definition) is 4. The number of carbonyl (C=O) groups excluding carboxylic acids is 1. The molecule has 2 fully saturated rings. The van der Waals surface area contributed by atoms with Crippen molar-refractivity contribution in [1.29, 1.82) is 0 Å². The van der Waals surface area contributed by atoms with Gasteiger partial charge in [0.25, 0.3) is 0 Å². The minimum Gasteiger partial charge on any atom is -0.465 e. The minimum absolute atomic E-state index is 0.0312. The molecule has 0 bridgehead atoms. The molecule has 0 aromatic carbocycles. The molecule has 0 spiro atoms. The lowest BCUT2D eigenvalue weighted by Gasteiger charge is -2.27. The molecule has 0 unspecified atom stereocenters. The maximum atomic E-state index is 11.0. The summed E-state index contributed by atoms with van der Waals surface area (Å²) in [6.45, 7) is 1.63. The van der Waals surface area contributed by atoms with Gasteiger partial charge in [-0.05, 0) is 0 Å². The van der Waals surface area contributed by atoms with Crippen LogP contribution in [0.3, 0.4) is 0 Å². The van der Waals surface area contributed by atoms with Gasteiger partial charge in [-0.25, -0.2) is 0 Å². The summed E-state index contributed by atoms with van der Waals surface area (Å²) in [5, 5.41) is 12.4. The van der Waals surface area contributed by atoms with Crippen LogP contribution in [0.25, 0.3) is 0 Å². The third-order valence-electron chi connectivity index (χ3n) is 2.45. The van der Waals surface area contributed by atoms with E-state index in [9.17, 15) is 9.90 Å². The van der Waals surface area contributed by atoms with E-state index in [0.29, 0.717) is 19.7 Å². The summed E-state index contributed by atoms with van der Waals surface area (Å²) in [7, 11) is 0. The van der Waals surface area contributed by atoms with E-state index in [4.69, 9.17) is 4.74 Å². The van der Waals surface area contributed by atoms with Crippen LogP contribution in [0.2, 0.25) is 0 Å². The molecule has 0 aromatic rings. The smallest absolute Gasteiger partial charge is 0.310 e. The predicted octanol–water partition coefficient (Wildman–Crippen LogP) is -1.26. The first-order valence-corrected chi connectivity index (χ1v) is 3.84. The van der Waals surface area contributed by atoms with Crippen molar-refractivity contribution < 1.29 is 14.6 Å². The SMILES string of the molecule is O=C1OC[C@@H]2[C@H](O)CNC[C@H]12. The van der Waals surface area contributed by atoms with Gasteiger partial charge in [-0.1, -0.05) is 0 Å². The van der Waals surface area contributed by atoms with E-state index in [-0.39, 0.29) is 17.8 Å². The second-order valence-electron chi connectivity index (χ2n) is 3.13. The number of rotatable bonds is 0. The van der Waals surface area contributed by atoms with Crippen molar-refractivity contribution in [3.8, 4) is 0 Å². The van der Waals surface area contributed by atoms with Crippen molar-refractivity contribution in [2.75, 3.05) is 19.7 Å². The fraction of sp³-hybridized carbons (Fsp3) is 0.857. The maximum Gasteiger partial charge on any atom is 0.310 e. The van der Waals surface area contributed by atoms with E-state index in [1.165, 1.54) is 0 Å². The molecule has 2 saturated heterocycles. The predicted molar refractivity (Wildman–Crippen MR) is 36.8 cm³/mol. The summed E-state index contributed by atoms with van der Waals surface area (Å²) in [6.07, 6.45) is -0.416. The number of aliphatic hydroxyl groups is 1. The molecule has 2 aliphatic rings. The van der Waals surface area contributed by atoms with Gasteiger partial charge in [-0.2, -0.15) is 0 Å². The highest BCUT2D eigenvalue weighted by molar-refractivity contribution is 5.75. The van der Waals surface area contributed by atoms with E-state index in [1.54, 1.807) is 0 Å². The van der Waals surface area contributed by atoms with Gasteiger partial charge >= 0.3 is 5.97 Å². The molecule has 0 radical (unpaired) electrons. The Labute approximate surface area is 64.5 Å². The third-order valence-corrected chi connectivity index (χ3v) is 2.45. The maximum absolute atomic E-state index is 11.0. The lowest BCUT2D eigenvalue weighted by atomic mass is 9.87. The van der Waals surface area contributed by atoms with Crippen molar-refractivity contribution in [2.24, 2.45) is 11.8 Å². The first kappa shape index (κ1) is 7.06. The van der Waals surface area contributed by atoms with Crippen LogP contribution in [0.4, 0.5) is 0 Å². The fourth-order valence-electron chi connectivity index (χ4n) is 1.73. The van der Waals surface area contributed by atoms with Gasteiger partial charge < -0.3 is 15.2 Å². The number of hydrogen-bond donors (Lipinski definition) is 2.